The van der Waals surface area contributed by atoms with E-state index in [0.29, 0.717) is 11.5 Å². The first-order chi connectivity index (χ1) is 10.5. The van der Waals surface area contributed by atoms with Crippen LogP contribution in [-0.4, -0.2) is 4.98 Å². The van der Waals surface area contributed by atoms with E-state index in [1.165, 1.54) is 10.9 Å². The molecule has 0 aliphatic carbocycles. The van der Waals surface area contributed by atoms with E-state index in [0.717, 1.165) is 22.2 Å². The molecule has 0 radical (unpaired) electrons. The van der Waals surface area contributed by atoms with Crippen LogP contribution in [0.2, 0.25) is 0 Å². The molecule has 2 aromatic carbocycles. The highest BCUT2D eigenvalue weighted by Gasteiger charge is 2.15. The molecular formula is C20H20FN. The first kappa shape index (κ1) is 14.7. The van der Waals surface area contributed by atoms with Gasteiger partial charge in [-0.05, 0) is 54.5 Å². The molecule has 0 atom stereocenters. The van der Waals surface area contributed by atoms with Crippen molar-refractivity contribution in [3.8, 4) is 11.1 Å². The molecule has 0 aliphatic heterocycles. The summed E-state index contributed by atoms with van der Waals surface area (Å²) in [6, 6.07) is 11.7. The fourth-order valence-electron chi connectivity index (χ4n) is 2.90. The van der Waals surface area contributed by atoms with E-state index in [9.17, 15) is 4.39 Å². The Kier molecular flexibility index (Phi) is 3.69. The molecular weight excluding hydrogens is 273 g/mol. The lowest BCUT2D eigenvalue weighted by Gasteiger charge is -2.16. The average molecular weight is 293 g/mol. The van der Waals surface area contributed by atoms with Crippen LogP contribution in [0.4, 0.5) is 4.39 Å². The molecule has 0 amide bonds. The standard InChI is InChI=1S/C20H20FN/c1-12(2)20-19(15-6-8-18(21)14(4)10-15)17-7-5-13(3)9-16(17)11-22-20/h5-12H,1-4H3. The number of pyridine rings is 1. The van der Waals surface area contributed by atoms with E-state index < -0.39 is 0 Å². The minimum absolute atomic E-state index is 0.168. The molecule has 1 heterocycles. The normalized spacial score (nSPS) is 11.4. The number of aryl methyl sites for hydroxylation is 2. The van der Waals surface area contributed by atoms with Crippen LogP contribution in [0.3, 0.4) is 0 Å². The summed E-state index contributed by atoms with van der Waals surface area (Å²) in [6.07, 6.45) is 1.94. The van der Waals surface area contributed by atoms with Crippen LogP contribution < -0.4 is 0 Å². The molecule has 1 nitrogen and oxygen atoms in total. The summed E-state index contributed by atoms with van der Waals surface area (Å²) in [5.74, 6) is 0.143. The van der Waals surface area contributed by atoms with Crippen molar-refractivity contribution in [3.05, 3.63) is 65.2 Å². The van der Waals surface area contributed by atoms with Gasteiger partial charge in [0.25, 0.3) is 0 Å². The molecule has 0 saturated heterocycles. The number of fused-ring (bicyclic) bond motifs is 1. The molecule has 0 bridgehead atoms. The van der Waals surface area contributed by atoms with Gasteiger partial charge in [0.15, 0.2) is 0 Å². The van der Waals surface area contributed by atoms with Crippen LogP contribution in [0, 0.1) is 19.7 Å². The molecule has 3 aromatic rings. The highest BCUT2D eigenvalue weighted by molar-refractivity contribution is 5.97. The molecule has 3 rings (SSSR count). The summed E-state index contributed by atoms with van der Waals surface area (Å²) in [7, 11) is 0. The van der Waals surface area contributed by atoms with Crippen molar-refractivity contribution in [1.29, 1.82) is 0 Å². The average Bonchev–Trinajstić information content (AvgIpc) is 2.48. The van der Waals surface area contributed by atoms with Gasteiger partial charge in [-0.2, -0.15) is 0 Å². The molecule has 22 heavy (non-hydrogen) atoms. The number of halogens is 1. The molecule has 1 aromatic heterocycles. The number of nitrogens with zero attached hydrogens (tertiary/aromatic N) is 1. The Bertz CT molecular complexity index is 850. The third-order valence-corrected chi connectivity index (χ3v) is 4.07. The summed E-state index contributed by atoms with van der Waals surface area (Å²) in [4.78, 5) is 4.68. The SMILES string of the molecule is Cc1ccc2c(-c3ccc(F)c(C)c3)c(C(C)C)ncc2c1. The summed E-state index contributed by atoms with van der Waals surface area (Å²) < 4.78 is 13.6. The zero-order valence-electron chi connectivity index (χ0n) is 13.4. The zero-order chi connectivity index (χ0) is 15.9. The molecule has 0 unspecified atom stereocenters. The van der Waals surface area contributed by atoms with Crippen LogP contribution >= 0.6 is 0 Å². The van der Waals surface area contributed by atoms with Gasteiger partial charge in [-0.1, -0.05) is 37.6 Å². The lowest BCUT2D eigenvalue weighted by Crippen LogP contribution is -1.99. The Morgan fingerprint density at radius 1 is 1.00 bits per heavy atom. The van der Waals surface area contributed by atoms with Gasteiger partial charge >= 0.3 is 0 Å². The Labute approximate surface area is 130 Å². The topological polar surface area (TPSA) is 12.9 Å². The van der Waals surface area contributed by atoms with Gasteiger partial charge in [0.05, 0.1) is 5.69 Å². The second kappa shape index (κ2) is 5.53. The number of rotatable bonds is 2. The largest absolute Gasteiger partial charge is 0.260 e. The maximum atomic E-state index is 13.6. The van der Waals surface area contributed by atoms with E-state index in [2.05, 4.69) is 44.0 Å². The Balaban J connectivity index is 2.37. The van der Waals surface area contributed by atoms with Crippen LogP contribution in [-0.2, 0) is 0 Å². The van der Waals surface area contributed by atoms with Crippen LogP contribution in [0.1, 0.15) is 36.6 Å². The van der Waals surface area contributed by atoms with Crippen molar-refractivity contribution in [1.82, 2.24) is 4.98 Å². The molecule has 0 spiro atoms. The van der Waals surface area contributed by atoms with Crippen molar-refractivity contribution in [2.24, 2.45) is 0 Å². The maximum absolute atomic E-state index is 13.6. The van der Waals surface area contributed by atoms with Crippen LogP contribution in [0.25, 0.3) is 21.9 Å². The van der Waals surface area contributed by atoms with E-state index in [-0.39, 0.29) is 5.82 Å². The first-order valence-corrected chi connectivity index (χ1v) is 7.63. The minimum Gasteiger partial charge on any atom is -0.260 e. The molecule has 0 saturated carbocycles. The van der Waals surface area contributed by atoms with Crippen LogP contribution in [0.5, 0.6) is 0 Å². The molecule has 2 heteroatoms. The Hall–Kier alpha value is -2.22. The minimum atomic E-state index is -0.168. The second-order valence-electron chi connectivity index (χ2n) is 6.23. The first-order valence-electron chi connectivity index (χ1n) is 7.63. The third-order valence-electron chi connectivity index (χ3n) is 4.07. The monoisotopic (exact) mass is 293 g/mol. The van der Waals surface area contributed by atoms with Crippen molar-refractivity contribution < 1.29 is 4.39 Å². The Morgan fingerprint density at radius 2 is 1.77 bits per heavy atom. The number of hydrogen-bond donors (Lipinski definition) is 0. The van der Waals surface area contributed by atoms with Gasteiger partial charge in [-0.3, -0.25) is 4.98 Å². The fraction of sp³-hybridized carbons (Fsp3) is 0.250. The predicted molar refractivity (Wildman–Crippen MR) is 90.7 cm³/mol. The highest BCUT2D eigenvalue weighted by atomic mass is 19.1. The number of aromatic nitrogens is 1. The van der Waals surface area contributed by atoms with Crippen LogP contribution in [0.15, 0.2) is 42.6 Å². The van der Waals surface area contributed by atoms with Gasteiger partial charge in [-0.25, -0.2) is 4.39 Å². The summed E-state index contributed by atoms with van der Waals surface area (Å²) in [5.41, 5.74) is 5.09. The van der Waals surface area contributed by atoms with Gasteiger partial charge in [0.1, 0.15) is 5.82 Å². The maximum Gasteiger partial charge on any atom is 0.126 e. The van der Waals surface area contributed by atoms with Gasteiger partial charge < -0.3 is 0 Å². The lowest BCUT2D eigenvalue weighted by molar-refractivity contribution is 0.619. The van der Waals surface area contributed by atoms with Crippen molar-refractivity contribution in [3.63, 3.8) is 0 Å². The number of benzene rings is 2. The smallest absolute Gasteiger partial charge is 0.126 e. The van der Waals surface area contributed by atoms with E-state index in [4.69, 9.17) is 0 Å². The van der Waals surface area contributed by atoms with Crippen molar-refractivity contribution >= 4 is 10.8 Å². The predicted octanol–water partition coefficient (Wildman–Crippen LogP) is 5.78. The second-order valence-corrected chi connectivity index (χ2v) is 6.23. The van der Waals surface area contributed by atoms with E-state index in [1.807, 2.05) is 18.3 Å². The molecule has 0 N–H and O–H groups in total. The summed E-state index contributed by atoms with van der Waals surface area (Å²) in [6.45, 7) is 8.17. The quantitative estimate of drug-likeness (QED) is 0.583. The van der Waals surface area contributed by atoms with Gasteiger partial charge in [0.2, 0.25) is 0 Å². The zero-order valence-corrected chi connectivity index (χ0v) is 13.4. The lowest BCUT2D eigenvalue weighted by atomic mass is 9.91. The molecule has 0 aliphatic rings. The molecule has 112 valence electrons. The van der Waals surface area contributed by atoms with E-state index >= 15 is 0 Å². The summed E-state index contributed by atoms with van der Waals surface area (Å²) in [5, 5.41) is 2.30. The van der Waals surface area contributed by atoms with Gasteiger partial charge in [-0.15, -0.1) is 0 Å². The number of hydrogen-bond acceptors (Lipinski definition) is 1. The fourth-order valence-corrected chi connectivity index (χ4v) is 2.90. The highest BCUT2D eigenvalue weighted by Crippen LogP contribution is 2.35. The summed E-state index contributed by atoms with van der Waals surface area (Å²) >= 11 is 0. The third kappa shape index (κ3) is 2.50. The van der Waals surface area contributed by atoms with Crippen molar-refractivity contribution in [2.75, 3.05) is 0 Å². The van der Waals surface area contributed by atoms with Gasteiger partial charge in [0, 0.05) is 17.1 Å². The molecule has 0 fully saturated rings. The Morgan fingerprint density at radius 3 is 2.45 bits per heavy atom. The van der Waals surface area contributed by atoms with Crippen molar-refractivity contribution in [2.45, 2.75) is 33.6 Å². The van der Waals surface area contributed by atoms with E-state index in [1.54, 1.807) is 13.0 Å².